The van der Waals surface area contributed by atoms with Gasteiger partial charge in [-0.05, 0) is 41.6 Å². The van der Waals surface area contributed by atoms with Gasteiger partial charge in [0, 0.05) is 28.1 Å². The van der Waals surface area contributed by atoms with Gasteiger partial charge in [-0.25, -0.2) is 4.40 Å². The molecule has 1 amide bonds. The number of carbonyl (C=O) groups excluding carboxylic acids is 1. The molecule has 0 bridgehead atoms. The van der Waals surface area contributed by atoms with Gasteiger partial charge in [-0.3, -0.25) is 4.79 Å². The Morgan fingerprint density at radius 2 is 2.22 bits per heavy atom. The minimum absolute atomic E-state index is 0.171. The van der Waals surface area contributed by atoms with Crippen LogP contribution in [0.4, 0.5) is 5.69 Å². The zero-order valence-corrected chi connectivity index (χ0v) is 15.5. The average molecular weight is 408 g/mol. The molecule has 7 heteroatoms. The summed E-state index contributed by atoms with van der Waals surface area (Å²) < 4.78 is 7.28. The summed E-state index contributed by atoms with van der Waals surface area (Å²) >= 11 is 5.00. The fourth-order valence-corrected chi connectivity index (χ4v) is 4.05. The Balaban J connectivity index is 1.89. The molecule has 0 spiro atoms. The maximum absolute atomic E-state index is 12.6. The predicted molar refractivity (Wildman–Crippen MR) is 104 cm³/mol. The van der Waals surface area contributed by atoms with Crippen LogP contribution in [0.3, 0.4) is 0 Å². The van der Waals surface area contributed by atoms with Gasteiger partial charge in [-0.15, -0.1) is 11.3 Å². The monoisotopic (exact) mass is 407 g/mol. The second-order valence-electron chi connectivity index (χ2n) is 4.79. The molecule has 3 rings (SSSR count). The van der Waals surface area contributed by atoms with Crippen molar-refractivity contribution in [3.8, 4) is 0 Å². The largest absolute Gasteiger partial charge is 0.321 e. The van der Waals surface area contributed by atoms with Gasteiger partial charge in [0.05, 0.1) is 10.6 Å². The third kappa shape index (κ3) is 3.63. The van der Waals surface area contributed by atoms with Crippen molar-refractivity contribution in [3.05, 3.63) is 62.9 Å². The Morgan fingerprint density at radius 3 is 2.91 bits per heavy atom. The summed E-state index contributed by atoms with van der Waals surface area (Å²) in [5.74, 6) is 3.86. The molecule has 1 aliphatic rings. The van der Waals surface area contributed by atoms with Crippen molar-refractivity contribution in [2.45, 2.75) is 0 Å². The van der Waals surface area contributed by atoms with Gasteiger partial charge in [-0.1, -0.05) is 28.1 Å². The van der Waals surface area contributed by atoms with Gasteiger partial charge in [0.15, 0.2) is 0 Å². The van der Waals surface area contributed by atoms with Gasteiger partial charge in [0.25, 0.3) is 5.91 Å². The lowest BCUT2D eigenvalue weighted by Crippen LogP contribution is -2.27. The van der Waals surface area contributed by atoms with E-state index < -0.39 is 10.9 Å². The number of anilines is 1. The van der Waals surface area contributed by atoms with Gasteiger partial charge in [0.2, 0.25) is 0 Å². The van der Waals surface area contributed by atoms with Gasteiger partial charge in [0.1, 0.15) is 5.70 Å². The number of nitrogens with zero attached hydrogens (tertiary/aromatic N) is 2. The molecule has 1 aliphatic heterocycles. The van der Waals surface area contributed by atoms with Crippen molar-refractivity contribution in [1.82, 2.24) is 4.31 Å². The normalized spacial score (nSPS) is 17.5. The van der Waals surface area contributed by atoms with Gasteiger partial charge >= 0.3 is 0 Å². The second-order valence-corrected chi connectivity index (χ2v) is 8.06. The highest BCUT2D eigenvalue weighted by atomic mass is 79.9. The van der Waals surface area contributed by atoms with E-state index in [0.717, 1.165) is 20.7 Å². The quantitative estimate of drug-likeness (QED) is 0.770. The van der Waals surface area contributed by atoms with Crippen molar-refractivity contribution < 1.29 is 4.79 Å². The first kappa shape index (κ1) is 16.2. The number of nitrogens with one attached hydrogen (secondary N) is 1. The zero-order valence-electron chi connectivity index (χ0n) is 12.3. The molecule has 0 saturated heterocycles. The average Bonchev–Trinajstić information content (AvgIpc) is 3.04. The van der Waals surface area contributed by atoms with Crippen LogP contribution in [0.1, 0.15) is 4.88 Å². The fraction of sp³-hybridized carbons (Fsp3) is 0.0625. The van der Waals surface area contributed by atoms with Gasteiger partial charge < -0.3 is 9.62 Å². The molecular formula is C16H14BrN3OS2. The highest BCUT2D eigenvalue weighted by Gasteiger charge is 2.22. The standard InChI is InChI=1S/C16H14BrN3OS2/c1-20-14(16(21)18-12-6-3-5-11(17)9-12)10-13(19-23(20)2)15-7-4-8-22-15/h3-10H,2H2,1H3,(H,18,21). The molecule has 1 N–H and O–H groups in total. The molecule has 0 fully saturated rings. The highest BCUT2D eigenvalue weighted by Crippen LogP contribution is 2.30. The minimum Gasteiger partial charge on any atom is -0.321 e. The van der Waals surface area contributed by atoms with Crippen LogP contribution in [0.5, 0.6) is 0 Å². The summed E-state index contributed by atoms with van der Waals surface area (Å²) in [4.78, 5) is 13.7. The van der Waals surface area contributed by atoms with E-state index in [9.17, 15) is 4.79 Å². The molecule has 2 aromatic rings. The number of amides is 1. The van der Waals surface area contributed by atoms with Crippen molar-refractivity contribution in [3.63, 3.8) is 0 Å². The van der Waals surface area contributed by atoms with E-state index in [-0.39, 0.29) is 5.91 Å². The van der Waals surface area contributed by atoms with Crippen LogP contribution >= 0.6 is 38.1 Å². The number of allylic oxidation sites excluding steroid dienone is 1. The molecular weight excluding hydrogens is 394 g/mol. The first-order valence-corrected chi connectivity index (χ1v) is 9.72. The molecule has 2 heterocycles. The molecule has 1 aromatic carbocycles. The molecule has 118 valence electrons. The van der Waals surface area contributed by atoms with Gasteiger partial charge in [-0.2, -0.15) is 0 Å². The Labute approximate surface area is 149 Å². The van der Waals surface area contributed by atoms with E-state index >= 15 is 0 Å². The van der Waals surface area contributed by atoms with E-state index in [4.69, 9.17) is 0 Å². The van der Waals surface area contributed by atoms with E-state index in [0.29, 0.717) is 5.70 Å². The van der Waals surface area contributed by atoms with Crippen molar-refractivity contribution in [2.75, 3.05) is 12.4 Å². The summed E-state index contributed by atoms with van der Waals surface area (Å²) in [5.41, 5.74) is 2.10. The van der Waals surface area contributed by atoms with E-state index in [1.165, 1.54) is 0 Å². The molecule has 0 aliphatic carbocycles. The number of hydrogen-bond acceptors (Lipinski definition) is 4. The van der Waals surface area contributed by atoms with Crippen LogP contribution in [0.25, 0.3) is 0 Å². The molecule has 1 atom stereocenters. The maximum Gasteiger partial charge on any atom is 0.272 e. The Hall–Kier alpha value is -1.70. The summed E-state index contributed by atoms with van der Waals surface area (Å²) in [7, 11) is 1.21. The predicted octanol–water partition coefficient (Wildman–Crippen LogP) is 4.30. The van der Waals surface area contributed by atoms with E-state index in [1.807, 2.05) is 54.9 Å². The topological polar surface area (TPSA) is 44.7 Å². The minimum atomic E-state index is -0.623. The maximum atomic E-state index is 12.6. The first-order chi connectivity index (χ1) is 11.0. The fourth-order valence-electron chi connectivity index (χ4n) is 2.05. The number of rotatable bonds is 3. The molecule has 0 saturated carbocycles. The first-order valence-electron chi connectivity index (χ1n) is 6.74. The molecule has 4 nitrogen and oxygen atoms in total. The number of hydrogen-bond donors (Lipinski definition) is 1. The summed E-state index contributed by atoms with van der Waals surface area (Å²) in [5, 5.41) is 4.91. The number of carbonyl (C=O) groups is 1. The van der Waals surface area contributed by atoms with Crippen LogP contribution in [0.2, 0.25) is 0 Å². The summed E-state index contributed by atoms with van der Waals surface area (Å²) in [6.07, 6.45) is 1.81. The third-order valence-corrected chi connectivity index (χ3v) is 5.84. The van der Waals surface area contributed by atoms with Crippen LogP contribution in [-0.4, -0.2) is 28.8 Å². The number of likely N-dealkylation sites (N-methyl/N-ethyl adjacent to an activating group) is 1. The van der Waals surface area contributed by atoms with Crippen molar-refractivity contribution >= 4 is 61.3 Å². The Kier molecular flexibility index (Phi) is 4.79. The summed E-state index contributed by atoms with van der Waals surface area (Å²) in [6, 6.07) is 11.5. The number of benzene rings is 1. The lowest BCUT2D eigenvalue weighted by atomic mass is 10.2. The van der Waals surface area contributed by atoms with Crippen LogP contribution in [-0.2, 0) is 4.79 Å². The van der Waals surface area contributed by atoms with Crippen LogP contribution < -0.4 is 5.32 Å². The van der Waals surface area contributed by atoms with Crippen molar-refractivity contribution in [2.24, 2.45) is 4.40 Å². The van der Waals surface area contributed by atoms with E-state index in [1.54, 1.807) is 15.6 Å². The van der Waals surface area contributed by atoms with Crippen LogP contribution in [0, 0.1) is 0 Å². The third-order valence-electron chi connectivity index (χ3n) is 3.22. The lowest BCUT2D eigenvalue weighted by molar-refractivity contribution is -0.113. The number of thiophene rings is 1. The van der Waals surface area contributed by atoms with Crippen LogP contribution in [0.15, 0.2) is 62.4 Å². The second kappa shape index (κ2) is 6.82. The molecule has 23 heavy (non-hydrogen) atoms. The van der Waals surface area contributed by atoms with E-state index in [2.05, 4.69) is 31.5 Å². The Bertz CT molecular complexity index is 828. The molecule has 0 radical (unpaired) electrons. The number of halogens is 1. The lowest BCUT2D eigenvalue weighted by Gasteiger charge is -2.26. The molecule has 1 aromatic heterocycles. The summed E-state index contributed by atoms with van der Waals surface area (Å²) in [6.45, 7) is 0. The molecule has 1 unspecified atom stereocenters. The zero-order chi connectivity index (χ0) is 16.4. The van der Waals surface area contributed by atoms with Crippen molar-refractivity contribution in [1.29, 1.82) is 0 Å². The SMILES string of the molecule is C=S1N=C(c2cccs2)C=C(C(=O)Nc2cccc(Br)c2)N1C. The Morgan fingerprint density at radius 1 is 1.39 bits per heavy atom. The smallest absolute Gasteiger partial charge is 0.272 e. The highest BCUT2D eigenvalue weighted by molar-refractivity contribution is 9.10.